The summed E-state index contributed by atoms with van der Waals surface area (Å²) in [6, 6.07) is 6.98. The summed E-state index contributed by atoms with van der Waals surface area (Å²) in [5.41, 5.74) is 0.988. The second kappa shape index (κ2) is 6.50. The van der Waals surface area contributed by atoms with Crippen molar-refractivity contribution in [3.8, 4) is 0 Å². The average Bonchev–Trinajstić information content (AvgIpc) is 3.09. The Morgan fingerprint density at radius 3 is 2.39 bits per heavy atom. The second-order valence-electron chi connectivity index (χ2n) is 5.39. The van der Waals surface area contributed by atoms with Crippen LogP contribution in [-0.4, -0.2) is 33.0 Å². The SMILES string of the molecule is C=CC(CCCN1C(=O)c2ccccc2C1=O)n1cc(Br)cn1. The first-order valence-electron chi connectivity index (χ1n) is 7.39. The molecule has 0 aliphatic carbocycles. The molecule has 1 atom stereocenters. The second-order valence-corrected chi connectivity index (χ2v) is 6.31. The number of benzene rings is 1. The number of hydrogen-bond acceptors (Lipinski definition) is 3. The van der Waals surface area contributed by atoms with Crippen molar-refractivity contribution in [1.29, 1.82) is 0 Å². The zero-order valence-corrected chi connectivity index (χ0v) is 14.1. The summed E-state index contributed by atoms with van der Waals surface area (Å²) in [7, 11) is 0. The van der Waals surface area contributed by atoms with Gasteiger partial charge in [-0.15, -0.1) is 6.58 Å². The standard InChI is InChI=1S/C17H16BrN3O2/c1-2-13(21-11-12(18)10-19-21)6-5-9-20-16(22)14-7-3-4-8-15(14)17(20)23/h2-4,7-8,10-11,13H,1,5-6,9H2. The topological polar surface area (TPSA) is 55.2 Å². The molecular formula is C17H16BrN3O2. The quantitative estimate of drug-likeness (QED) is 0.575. The number of carbonyl (C=O) groups is 2. The van der Waals surface area contributed by atoms with Gasteiger partial charge in [-0.25, -0.2) is 0 Å². The van der Waals surface area contributed by atoms with E-state index in [0.717, 1.165) is 10.9 Å². The van der Waals surface area contributed by atoms with Gasteiger partial charge < -0.3 is 0 Å². The van der Waals surface area contributed by atoms with Crippen LogP contribution in [0.1, 0.15) is 39.6 Å². The third kappa shape index (κ3) is 2.99. The van der Waals surface area contributed by atoms with Gasteiger partial charge in [0.15, 0.2) is 0 Å². The van der Waals surface area contributed by atoms with Gasteiger partial charge in [0.25, 0.3) is 11.8 Å². The molecule has 0 saturated heterocycles. The minimum atomic E-state index is -0.206. The number of fused-ring (bicyclic) bond motifs is 1. The van der Waals surface area contributed by atoms with Crippen LogP contribution < -0.4 is 0 Å². The van der Waals surface area contributed by atoms with Gasteiger partial charge in [-0.05, 0) is 40.9 Å². The normalized spacial score (nSPS) is 14.9. The summed E-state index contributed by atoms with van der Waals surface area (Å²) in [4.78, 5) is 25.9. The highest BCUT2D eigenvalue weighted by Crippen LogP contribution is 2.24. The maximum Gasteiger partial charge on any atom is 0.261 e. The predicted octanol–water partition coefficient (Wildman–Crippen LogP) is 3.45. The monoisotopic (exact) mass is 373 g/mol. The molecule has 0 saturated carbocycles. The summed E-state index contributed by atoms with van der Waals surface area (Å²) in [6.07, 6.45) is 6.88. The fourth-order valence-electron chi connectivity index (χ4n) is 2.76. The van der Waals surface area contributed by atoms with Crippen LogP contribution in [0.25, 0.3) is 0 Å². The molecular weight excluding hydrogens is 358 g/mol. The molecule has 1 aliphatic heterocycles. The van der Waals surface area contributed by atoms with Gasteiger partial charge in [0, 0.05) is 12.7 Å². The Hall–Kier alpha value is -2.21. The molecule has 2 amide bonds. The van der Waals surface area contributed by atoms with Crippen molar-refractivity contribution in [3.05, 3.63) is 64.9 Å². The maximum absolute atomic E-state index is 12.3. The van der Waals surface area contributed by atoms with Gasteiger partial charge in [-0.2, -0.15) is 5.10 Å². The van der Waals surface area contributed by atoms with E-state index in [1.807, 2.05) is 17.0 Å². The van der Waals surface area contributed by atoms with Crippen LogP contribution in [0.2, 0.25) is 0 Å². The summed E-state index contributed by atoms with van der Waals surface area (Å²) >= 11 is 3.37. The van der Waals surface area contributed by atoms with Crippen molar-refractivity contribution in [2.45, 2.75) is 18.9 Å². The Kier molecular flexibility index (Phi) is 4.43. The van der Waals surface area contributed by atoms with Gasteiger partial charge in [0.05, 0.1) is 27.8 Å². The number of hydrogen-bond donors (Lipinski definition) is 0. The van der Waals surface area contributed by atoms with Crippen molar-refractivity contribution in [1.82, 2.24) is 14.7 Å². The van der Waals surface area contributed by atoms with Crippen molar-refractivity contribution >= 4 is 27.7 Å². The fourth-order valence-corrected chi connectivity index (χ4v) is 3.06. The molecule has 0 spiro atoms. The summed E-state index contributed by atoms with van der Waals surface area (Å²) in [5.74, 6) is -0.412. The molecule has 3 rings (SSSR count). The van der Waals surface area contributed by atoms with E-state index in [1.54, 1.807) is 30.5 Å². The van der Waals surface area contributed by atoms with Crippen LogP contribution in [0.4, 0.5) is 0 Å². The van der Waals surface area contributed by atoms with E-state index in [9.17, 15) is 9.59 Å². The zero-order chi connectivity index (χ0) is 16.4. The third-order valence-corrected chi connectivity index (χ3v) is 4.35. The maximum atomic E-state index is 12.3. The van der Waals surface area contributed by atoms with E-state index >= 15 is 0 Å². The molecule has 0 fully saturated rings. The third-order valence-electron chi connectivity index (χ3n) is 3.94. The number of aromatic nitrogens is 2. The lowest BCUT2D eigenvalue weighted by atomic mass is 10.1. The Balaban J connectivity index is 1.62. The van der Waals surface area contributed by atoms with E-state index in [4.69, 9.17) is 0 Å². The highest BCUT2D eigenvalue weighted by atomic mass is 79.9. The minimum absolute atomic E-state index is 0.0384. The van der Waals surface area contributed by atoms with Gasteiger partial charge in [0.1, 0.15) is 0 Å². The molecule has 0 radical (unpaired) electrons. The van der Waals surface area contributed by atoms with Crippen LogP contribution in [-0.2, 0) is 0 Å². The van der Waals surface area contributed by atoms with Crippen molar-refractivity contribution in [3.63, 3.8) is 0 Å². The fraction of sp³-hybridized carbons (Fsp3) is 0.235. The lowest BCUT2D eigenvalue weighted by Crippen LogP contribution is -2.31. The number of carbonyl (C=O) groups excluding carboxylic acids is 2. The molecule has 23 heavy (non-hydrogen) atoms. The Bertz CT molecular complexity index is 734. The van der Waals surface area contributed by atoms with Gasteiger partial charge in [-0.1, -0.05) is 18.2 Å². The van der Waals surface area contributed by atoms with Crippen molar-refractivity contribution in [2.24, 2.45) is 0 Å². The van der Waals surface area contributed by atoms with Crippen molar-refractivity contribution < 1.29 is 9.59 Å². The molecule has 2 heterocycles. The van der Waals surface area contributed by atoms with E-state index in [2.05, 4.69) is 27.6 Å². The molecule has 2 aromatic rings. The lowest BCUT2D eigenvalue weighted by Gasteiger charge is -2.17. The molecule has 0 bridgehead atoms. The number of amides is 2. The highest BCUT2D eigenvalue weighted by molar-refractivity contribution is 9.10. The highest BCUT2D eigenvalue weighted by Gasteiger charge is 2.34. The van der Waals surface area contributed by atoms with Crippen LogP contribution in [0.15, 0.2) is 53.8 Å². The van der Waals surface area contributed by atoms with Crippen LogP contribution >= 0.6 is 15.9 Å². The predicted molar refractivity (Wildman–Crippen MR) is 90.2 cm³/mol. The summed E-state index contributed by atoms with van der Waals surface area (Å²) < 4.78 is 2.73. The minimum Gasteiger partial charge on any atom is -0.274 e. The Morgan fingerprint density at radius 1 is 1.22 bits per heavy atom. The van der Waals surface area contributed by atoms with Gasteiger partial charge >= 0.3 is 0 Å². The van der Waals surface area contributed by atoms with E-state index in [-0.39, 0.29) is 17.9 Å². The van der Waals surface area contributed by atoms with E-state index < -0.39 is 0 Å². The molecule has 0 N–H and O–H groups in total. The molecule has 1 unspecified atom stereocenters. The smallest absolute Gasteiger partial charge is 0.261 e. The summed E-state index contributed by atoms with van der Waals surface area (Å²) in [6.45, 7) is 4.24. The Morgan fingerprint density at radius 2 is 1.87 bits per heavy atom. The molecule has 6 heteroatoms. The van der Waals surface area contributed by atoms with E-state index in [0.29, 0.717) is 24.1 Å². The first kappa shape index (κ1) is 15.7. The van der Waals surface area contributed by atoms with E-state index in [1.165, 1.54) is 4.90 Å². The number of nitrogens with zero attached hydrogens (tertiary/aromatic N) is 3. The molecule has 1 aromatic heterocycles. The molecule has 1 aliphatic rings. The van der Waals surface area contributed by atoms with Crippen molar-refractivity contribution in [2.75, 3.05) is 6.54 Å². The zero-order valence-electron chi connectivity index (χ0n) is 12.5. The first-order chi connectivity index (χ1) is 11.1. The van der Waals surface area contributed by atoms with Gasteiger partial charge in [-0.3, -0.25) is 19.2 Å². The lowest BCUT2D eigenvalue weighted by molar-refractivity contribution is 0.0650. The van der Waals surface area contributed by atoms with Gasteiger partial charge in [0.2, 0.25) is 0 Å². The largest absolute Gasteiger partial charge is 0.274 e. The number of rotatable bonds is 6. The number of halogens is 1. The summed E-state index contributed by atoms with van der Waals surface area (Å²) in [5, 5.41) is 4.25. The first-order valence-corrected chi connectivity index (χ1v) is 8.18. The average molecular weight is 374 g/mol. The van der Waals surface area contributed by atoms with Crippen LogP contribution in [0, 0.1) is 0 Å². The number of allylic oxidation sites excluding steroid dienone is 1. The van der Waals surface area contributed by atoms with Crippen LogP contribution in [0.5, 0.6) is 0 Å². The number of imide groups is 1. The molecule has 5 nitrogen and oxygen atoms in total. The molecule has 118 valence electrons. The van der Waals surface area contributed by atoms with Crippen LogP contribution in [0.3, 0.4) is 0 Å². The molecule has 1 aromatic carbocycles. The Labute approximate surface area is 142 Å².